The van der Waals surface area contributed by atoms with Crippen molar-refractivity contribution in [2.75, 3.05) is 13.1 Å². The van der Waals surface area contributed by atoms with Crippen molar-refractivity contribution < 1.29 is 14.3 Å². The van der Waals surface area contributed by atoms with Crippen LogP contribution in [0.25, 0.3) is 0 Å². The van der Waals surface area contributed by atoms with E-state index in [0.717, 1.165) is 6.42 Å². The minimum absolute atomic E-state index is 0.0852. The number of hydrogen-bond acceptors (Lipinski definition) is 3. The number of amides is 1. The molecule has 1 fully saturated rings. The molecule has 0 saturated carbocycles. The number of hydrogen-bond donors (Lipinski definition) is 0. The first-order chi connectivity index (χ1) is 6.67. The molecular weight excluding hydrogens is 182 g/mol. The van der Waals surface area contributed by atoms with Gasteiger partial charge < -0.3 is 9.64 Å². The van der Waals surface area contributed by atoms with Crippen LogP contribution in [0.1, 0.15) is 33.1 Å². The fourth-order valence-corrected chi connectivity index (χ4v) is 1.59. The number of carbonyl (C=O) groups excluding carboxylic acids is 2. The highest BCUT2D eigenvalue weighted by Gasteiger charge is 2.26. The van der Waals surface area contributed by atoms with Crippen LogP contribution in [0.4, 0.5) is 0 Å². The van der Waals surface area contributed by atoms with Crippen molar-refractivity contribution in [2.45, 2.75) is 39.2 Å². The Morgan fingerprint density at radius 1 is 1.57 bits per heavy atom. The molecule has 0 radical (unpaired) electrons. The number of rotatable bonds is 4. The van der Waals surface area contributed by atoms with E-state index < -0.39 is 0 Å². The number of carbonyl (C=O) groups is 2. The summed E-state index contributed by atoms with van der Waals surface area (Å²) in [5, 5.41) is 0. The maximum absolute atomic E-state index is 11.4. The van der Waals surface area contributed by atoms with E-state index in [1.54, 1.807) is 4.90 Å². The molecule has 0 spiro atoms. The highest BCUT2D eigenvalue weighted by molar-refractivity contribution is 5.76. The van der Waals surface area contributed by atoms with Crippen LogP contribution in [0.15, 0.2) is 0 Å². The molecule has 1 aliphatic rings. The lowest BCUT2D eigenvalue weighted by Crippen LogP contribution is -2.36. The van der Waals surface area contributed by atoms with Gasteiger partial charge in [-0.15, -0.1) is 0 Å². The third-order valence-electron chi connectivity index (χ3n) is 2.43. The highest BCUT2D eigenvalue weighted by atomic mass is 16.5. The molecule has 1 unspecified atom stereocenters. The van der Waals surface area contributed by atoms with Crippen LogP contribution in [-0.2, 0) is 14.3 Å². The van der Waals surface area contributed by atoms with Gasteiger partial charge in [0.05, 0.1) is 6.54 Å². The topological polar surface area (TPSA) is 46.6 Å². The molecule has 0 aromatic rings. The molecule has 4 heteroatoms. The fourth-order valence-electron chi connectivity index (χ4n) is 1.59. The summed E-state index contributed by atoms with van der Waals surface area (Å²) in [5.41, 5.74) is 0. The van der Waals surface area contributed by atoms with Gasteiger partial charge in [0.15, 0.2) is 0 Å². The van der Waals surface area contributed by atoms with Crippen LogP contribution in [0.5, 0.6) is 0 Å². The van der Waals surface area contributed by atoms with Gasteiger partial charge in [0.2, 0.25) is 5.91 Å². The van der Waals surface area contributed by atoms with E-state index in [1.165, 1.54) is 0 Å². The Labute approximate surface area is 84.2 Å². The van der Waals surface area contributed by atoms with Gasteiger partial charge >= 0.3 is 5.97 Å². The van der Waals surface area contributed by atoms with Crippen LogP contribution in [-0.4, -0.2) is 36.0 Å². The average molecular weight is 199 g/mol. The van der Waals surface area contributed by atoms with Gasteiger partial charge in [-0.3, -0.25) is 9.59 Å². The van der Waals surface area contributed by atoms with Crippen LogP contribution >= 0.6 is 0 Å². The predicted octanol–water partition coefficient (Wildman–Crippen LogP) is 0.950. The Morgan fingerprint density at radius 3 is 2.71 bits per heavy atom. The summed E-state index contributed by atoms with van der Waals surface area (Å²) in [6.07, 6.45) is 1.65. The third-order valence-corrected chi connectivity index (χ3v) is 2.43. The Morgan fingerprint density at radius 2 is 2.29 bits per heavy atom. The maximum Gasteiger partial charge on any atom is 0.306 e. The van der Waals surface area contributed by atoms with Gasteiger partial charge in [0.1, 0.15) is 6.10 Å². The van der Waals surface area contributed by atoms with Crippen molar-refractivity contribution in [1.82, 2.24) is 4.90 Å². The first-order valence-electron chi connectivity index (χ1n) is 5.14. The smallest absolute Gasteiger partial charge is 0.306 e. The molecule has 0 aromatic heterocycles. The molecule has 14 heavy (non-hydrogen) atoms. The van der Waals surface area contributed by atoms with Gasteiger partial charge in [0, 0.05) is 19.4 Å². The number of esters is 1. The molecule has 80 valence electrons. The second kappa shape index (κ2) is 4.98. The second-order valence-corrected chi connectivity index (χ2v) is 3.44. The summed E-state index contributed by atoms with van der Waals surface area (Å²) < 4.78 is 5.06. The molecule has 1 aliphatic heterocycles. The zero-order chi connectivity index (χ0) is 10.6. The molecule has 0 bridgehead atoms. The molecular formula is C10H17NO3. The van der Waals surface area contributed by atoms with E-state index >= 15 is 0 Å². The van der Waals surface area contributed by atoms with Crippen molar-refractivity contribution in [3.05, 3.63) is 0 Å². The summed E-state index contributed by atoms with van der Waals surface area (Å²) in [5.74, 6) is -0.0227. The average Bonchev–Trinajstić information content (AvgIpc) is 2.59. The molecule has 1 heterocycles. The van der Waals surface area contributed by atoms with Crippen molar-refractivity contribution in [2.24, 2.45) is 0 Å². The minimum atomic E-state index is -0.144. The molecule has 0 aromatic carbocycles. The lowest BCUT2D eigenvalue weighted by molar-refractivity contribution is -0.144. The molecule has 4 nitrogen and oxygen atoms in total. The number of likely N-dealkylation sites (N-methyl/N-ethyl adjacent to an activating group) is 1. The molecule has 1 atom stereocenters. The lowest BCUT2D eigenvalue weighted by atomic mass is 10.2. The van der Waals surface area contributed by atoms with Gasteiger partial charge in [-0.2, -0.15) is 0 Å². The SMILES string of the molecule is CCC(=O)N(CC)CC1CCC(=O)O1. The Kier molecular flexibility index (Phi) is 3.92. The molecule has 1 rings (SSSR count). The summed E-state index contributed by atoms with van der Waals surface area (Å²) in [6, 6.07) is 0. The lowest BCUT2D eigenvalue weighted by Gasteiger charge is -2.23. The van der Waals surface area contributed by atoms with E-state index in [1.807, 2.05) is 13.8 Å². The van der Waals surface area contributed by atoms with Crippen molar-refractivity contribution in [1.29, 1.82) is 0 Å². The van der Waals surface area contributed by atoms with Crippen molar-refractivity contribution >= 4 is 11.9 Å². The summed E-state index contributed by atoms with van der Waals surface area (Å²) in [6.45, 7) is 5.01. The Bertz CT molecular complexity index is 227. The van der Waals surface area contributed by atoms with E-state index in [9.17, 15) is 9.59 Å². The van der Waals surface area contributed by atoms with E-state index in [2.05, 4.69) is 0 Å². The zero-order valence-corrected chi connectivity index (χ0v) is 8.78. The normalized spacial score (nSPS) is 20.7. The Hall–Kier alpha value is -1.06. The minimum Gasteiger partial charge on any atom is -0.460 e. The van der Waals surface area contributed by atoms with Crippen LogP contribution in [0.2, 0.25) is 0 Å². The Balaban J connectivity index is 2.40. The molecule has 0 aliphatic carbocycles. The largest absolute Gasteiger partial charge is 0.460 e. The van der Waals surface area contributed by atoms with Crippen LogP contribution in [0, 0.1) is 0 Å². The van der Waals surface area contributed by atoms with Gasteiger partial charge in [0.25, 0.3) is 0 Å². The standard InChI is InChI=1S/C10H17NO3/c1-3-9(12)11(4-2)7-8-5-6-10(13)14-8/h8H,3-7H2,1-2H3. The fraction of sp³-hybridized carbons (Fsp3) is 0.800. The molecule has 1 saturated heterocycles. The van der Waals surface area contributed by atoms with Crippen LogP contribution < -0.4 is 0 Å². The van der Waals surface area contributed by atoms with Gasteiger partial charge in [-0.1, -0.05) is 6.92 Å². The first-order valence-corrected chi connectivity index (χ1v) is 5.14. The first kappa shape index (κ1) is 11.0. The van der Waals surface area contributed by atoms with Crippen molar-refractivity contribution in [3.63, 3.8) is 0 Å². The maximum atomic E-state index is 11.4. The number of nitrogens with zero attached hydrogens (tertiary/aromatic N) is 1. The molecule has 0 N–H and O–H groups in total. The number of cyclic esters (lactones) is 1. The zero-order valence-electron chi connectivity index (χ0n) is 8.78. The summed E-state index contributed by atoms with van der Waals surface area (Å²) in [7, 11) is 0. The third kappa shape index (κ3) is 2.72. The quantitative estimate of drug-likeness (QED) is 0.633. The van der Waals surface area contributed by atoms with Gasteiger partial charge in [-0.05, 0) is 13.3 Å². The van der Waals surface area contributed by atoms with Crippen LogP contribution in [0.3, 0.4) is 0 Å². The second-order valence-electron chi connectivity index (χ2n) is 3.44. The molecule has 1 amide bonds. The number of ether oxygens (including phenoxy) is 1. The van der Waals surface area contributed by atoms with E-state index in [-0.39, 0.29) is 18.0 Å². The summed E-state index contributed by atoms with van der Waals surface area (Å²) >= 11 is 0. The van der Waals surface area contributed by atoms with E-state index in [0.29, 0.717) is 25.9 Å². The van der Waals surface area contributed by atoms with E-state index in [4.69, 9.17) is 4.74 Å². The summed E-state index contributed by atoms with van der Waals surface area (Å²) in [4.78, 5) is 24.0. The van der Waals surface area contributed by atoms with Crippen molar-refractivity contribution in [3.8, 4) is 0 Å². The monoisotopic (exact) mass is 199 g/mol. The van der Waals surface area contributed by atoms with Gasteiger partial charge in [-0.25, -0.2) is 0 Å². The highest BCUT2D eigenvalue weighted by Crippen LogP contribution is 2.15. The predicted molar refractivity (Wildman–Crippen MR) is 51.7 cm³/mol.